The number of nitrogens with zero attached hydrogens (tertiary/aromatic N) is 1. The summed E-state index contributed by atoms with van der Waals surface area (Å²) in [5.74, 6) is 0.917. The lowest BCUT2D eigenvalue weighted by Gasteiger charge is -2.35. The van der Waals surface area contributed by atoms with Gasteiger partial charge in [-0.3, -0.25) is 4.79 Å². The van der Waals surface area contributed by atoms with Crippen LogP contribution in [0.3, 0.4) is 0 Å². The van der Waals surface area contributed by atoms with Crippen molar-refractivity contribution in [3.8, 4) is 5.75 Å². The molecule has 0 aliphatic carbocycles. The summed E-state index contributed by atoms with van der Waals surface area (Å²) in [5, 5.41) is 0. The molecule has 0 fully saturated rings. The molecule has 16 heavy (non-hydrogen) atoms. The summed E-state index contributed by atoms with van der Waals surface area (Å²) in [6, 6.07) is 7.70. The smallest absolute Gasteiger partial charge is 0.231 e. The molecule has 2 rings (SSSR count). The Kier molecular flexibility index (Phi) is 2.62. The Morgan fingerprint density at radius 2 is 1.94 bits per heavy atom. The average Bonchev–Trinajstić information content (AvgIpc) is 2.34. The maximum Gasteiger partial charge on any atom is 0.231 e. The molecule has 1 aliphatic rings. The second-order valence-electron chi connectivity index (χ2n) is 4.97. The first-order chi connectivity index (χ1) is 7.50. The van der Waals surface area contributed by atoms with Gasteiger partial charge in [0.25, 0.3) is 0 Å². The van der Waals surface area contributed by atoms with E-state index in [0.29, 0.717) is 13.0 Å². The number of benzene rings is 1. The minimum absolute atomic E-state index is 0.123. The second kappa shape index (κ2) is 3.81. The quantitative estimate of drug-likeness (QED) is 0.671. The molecule has 0 aromatic heterocycles. The Morgan fingerprint density at radius 1 is 1.25 bits per heavy atom. The first kappa shape index (κ1) is 11.0. The number of carbonyl (C=O) groups is 1. The van der Waals surface area contributed by atoms with Gasteiger partial charge in [-0.15, -0.1) is 0 Å². The van der Waals surface area contributed by atoms with E-state index in [4.69, 9.17) is 4.74 Å². The summed E-state index contributed by atoms with van der Waals surface area (Å²) in [6.07, 6.45) is 0.436. The fourth-order valence-electron chi connectivity index (χ4n) is 1.99. The van der Waals surface area contributed by atoms with E-state index in [2.05, 4.69) is 0 Å². The standard InChI is InChI=1S/C13H17NO2/c1-13(2,3)14-10-6-4-5-7-11(10)16-9-8-12(14)15/h4-7H,8-9H2,1-3H3. The zero-order valence-corrected chi connectivity index (χ0v) is 9.99. The lowest BCUT2D eigenvalue weighted by atomic mass is 10.0. The van der Waals surface area contributed by atoms with E-state index < -0.39 is 0 Å². The summed E-state index contributed by atoms with van der Waals surface area (Å²) in [6.45, 7) is 6.56. The van der Waals surface area contributed by atoms with Crippen molar-refractivity contribution in [1.29, 1.82) is 0 Å². The van der Waals surface area contributed by atoms with Crippen LogP contribution in [0.2, 0.25) is 0 Å². The van der Waals surface area contributed by atoms with Gasteiger partial charge in [0.1, 0.15) is 5.75 Å². The normalized spacial score (nSPS) is 16.4. The molecule has 0 radical (unpaired) electrons. The van der Waals surface area contributed by atoms with Gasteiger partial charge >= 0.3 is 0 Å². The van der Waals surface area contributed by atoms with E-state index in [-0.39, 0.29) is 11.4 Å². The number of para-hydroxylation sites is 2. The van der Waals surface area contributed by atoms with Crippen LogP contribution in [0.5, 0.6) is 5.75 Å². The van der Waals surface area contributed by atoms with Gasteiger partial charge in [-0.1, -0.05) is 12.1 Å². The Morgan fingerprint density at radius 3 is 2.62 bits per heavy atom. The molecule has 0 atom stereocenters. The number of hydrogen-bond acceptors (Lipinski definition) is 2. The summed E-state index contributed by atoms with van der Waals surface area (Å²) in [5.41, 5.74) is 0.651. The molecule has 3 nitrogen and oxygen atoms in total. The average molecular weight is 219 g/mol. The highest BCUT2D eigenvalue weighted by molar-refractivity contribution is 5.96. The molecular weight excluding hydrogens is 202 g/mol. The number of carbonyl (C=O) groups excluding carboxylic acids is 1. The fourth-order valence-corrected chi connectivity index (χ4v) is 1.99. The van der Waals surface area contributed by atoms with Crippen molar-refractivity contribution in [2.75, 3.05) is 11.5 Å². The molecule has 86 valence electrons. The van der Waals surface area contributed by atoms with Crippen molar-refractivity contribution in [3.05, 3.63) is 24.3 Å². The van der Waals surface area contributed by atoms with Crippen LogP contribution in [-0.4, -0.2) is 18.1 Å². The van der Waals surface area contributed by atoms with Gasteiger partial charge in [0, 0.05) is 5.54 Å². The minimum atomic E-state index is -0.221. The van der Waals surface area contributed by atoms with Crippen molar-refractivity contribution in [3.63, 3.8) is 0 Å². The fraction of sp³-hybridized carbons (Fsp3) is 0.462. The molecule has 0 unspecified atom stereocenters. The van der Waals surface area contributed by atoms with Crippen LogP contribution >= 0.6 is 0 Å². The lowest BCUT2D eigenvalue weighted by Crippen LogP contribution is -2.45. The third-order valence-electron chi connectivity index (χ3n) is 2.60. The second-order valence-corrected chi connectivity index (χ2v) is 4.97. The predicted molar refractivity (Wildman–Crippen MR) is 63.8 cm³/mol. The first-order valence-electron chi connectivity index (χ1n) is 5.55. The Bertz CT molecular complexity index is 407. The molecule has 1 heterocycles. The zero-order chi connectivity index (χ0) is 11.8. The van der Waals surface area contributed by atoms with E-state index in [0.717, 1.165) is 11.4 Å². The van der Waals surface area contributed by atoms with Crippen LogP contribution in [0.25, 0.3) is 0 Å². The van der Waals surface area contributed by atoms with Crippen LogP contribution in [0, 0.1) is 0 Å². The molecular formula is C13H17NO2. The minimum Gasteiger partial charge on any atom is -0.491 e. The monoisotopic (exact) mass is 219 g/mol. The molecule has 1 aromatic rings. The van der Waals surface area contributed by atoms with Crippen molar-refractivity contribution in [2.45, 2.75) is 32.7 Å². The summed E-state index contributed by atoms with van der Waals surface area (Å²) >= 11 is 0. The molecule has 1 amide bonds. The van der Waals surface area contributed by atoms with E-state index in [1.165, 1.54) is 0 Å². The third-order valence-corrected chi connectivity index (χ3v) is 2.60. The number of amides is 1. The number of rotatable bonds is 0. The van der Waals surface area contributed by atoms with Crippen molar-refractivity contribution in [2.24, 2.45) is 0 Å². The Hall–Kier alpha value is -1.51. The highest BCUT2D eigenvalue weighted by Crippen LogP contribution is 2.35. The van der Waals surface area contributed by atoms with Crippen molar-refractivity contribution >= 4 is 11.6 Å². The van der Waals surface area contributed by atoms with Crippen molar-refractivity contribution < 1.29 is 9.53 Å². The van der Waals surface area contributed by atoms with Gasteiger partial charge in [0.15, 0.2) is 0 Å². The number of anilines is 1. The molecule has 0 N–H and O–H groups in total. The van der Waals surface area contributed by atoms with E-state index in [1.54, 1.807) is 0 Å². The lowest BCUT2D eigenvalue weighted by molar-refractivity contribution is -0.119. The van der Waals surface area contributed by atoms with Crippen LogP contribution in [0.15, 0.2) is 24.3 Å². The predicted octanol–water partition coefficient (Wildman–Crippen LogP) is 2.60. The number of hydrogen-bond donors (Lipinski definition) is 0. The van der Waals surface area contributed by atoms with Gasteiger partial charge in [-0.25, -0.2) is 0 Å². The molecule has 3 heteroatoms. The van der Waals surface area contributed by atoms with Gasteiger partial charge < -0.3 is 9.64 Å². The highest BCUT2D eigenvalue weighted by Gasteiger charge is 2.31. The van der Waals surface area contributed by atoms with Crippen LogP contribution in [0.1, 0.15) is 27.2 Å². The van der Waals surface area contributed by atoms with Gasteiger partial charge in [0.05, 0.1) is 18.7 Å². The number of ether oxygens (including phenoxy) is 1. The van der Waals surface area contributed by atoms with Crippen LogP contribution < -0.4 is 9.64 Å². The first-order valence-corrected chi connectivity index (χ1v) is 5.55. The summed E-state index contributed by atoms with van der Waals surface area (Å²) in [4.78, 5) is 13.9. The molecule has 0 bridgehead atoms. The zero-order valence-electron chi connectivity index (χ0n) is 9.99. The SMILES string of the molecule is CC(C)(C)N1C(=O)CCOc2ccccc21. The van der Waals surface area contributed by atoms with E-state index in [9.17, 15) is 4.79 Å². The van der Waals surface area contributed by atoms with E-state index >= 15 is 0 Å². The topological polar surface area (TPSA) is 29.5 Å². The van der Waals surface area contributed by atoms with Crippen molar-refractivity contribution in [1.82, 2.24) is 0 Å². The summed E-state index contributed by atoms with van der Waals surface area (Å²) < 4.78 is 5.58. The van der Waals surface area contributed by atoms with Crippen LogP contribution in [0.4, 0.5) is 5.69 Å². The Balaban J connectivity index is 2.52. The largest absolute Gasteiger partial charge is 0.491 e. The van der Waals surface area contributed by atoms with E-state index in [1.807, 2.05) is 49.9 Å². The highest BCUT2D eigenvalue weighted by atomic mass is 16.5. The maximum atomic E-state index is 12.1. The Labute approximate surface area is 96.0 Å². The van der Waals surface area contributed by atoms with Crippen LogP contribution in [-0.2, 0) is 4.79 Å². The van der Waals surface area contributed by atoms with Gasteiger partial charge in [-0.2, -0.15) is 0 Å². The molecule has 0 saturated heterocycles. The number of fused-ring (bicyclic) bond motifs is 1. The van der Waals surface area contributed by atoms with Gasteiger partial charge in [-0.05, 0) is 32.9 Å². The molecule has 0 spiro atoms. The van der Waals surface area contributed by atoms with Gasteiger partial charge in [0.2, 0.25) is 5.91 Å². The molecule has 1 aliphatic heterocycles. The third kappa shape index (κ3) is 1.90. The molecule has 1 aromatic carbocycles. The summed E-state index contributed by atoms with van der Waals surface area (Å²) in [7, 11) is 0. The molecule has 0 saturated carbocycles. The maximum absolute atomic E-state index is 12.1.